The summed E-state index contributed by atoms with van der Waals surface area (Å²) in [4.78, 5) is 31.2. The fourth-order valence-electron chi connectivity index (χ4n) is 2.75. The van der Waals surface area contributed by atoms with Gasteiger partial charge in [-0.1, -0.05) is 31.2 Å². The van der Waals surface area contributed by atoms with E-state index in [1.807, 2.05) is 46.1 Å². The number of pyridine rings is 1. The molecule has 1 heterocycles. The van der Waals surface area contributed by atoms with Crippen LogP contribution in [0.25, 0.3) is 0 Å². The number of para-hydroxylation sites is 1. The topological polar surface area (TPSA) is 74.3 Å². The molecule has 6 heteroatoms. The lowest BCUT2D eigenvalue weighted by atomic mass is 10.1. The zero-order chi connectivity index (χ0) is 19.8. The Morgan fingerprint density at radius 2 is 1.70 bits per heavy atom. The number of hydrogen-bond donors (Lipinski definition) is 2. The Morgan fingerprint density at radius 1 is 1.04 bits per heavy atom. The van der Waals surface area contributed by atoms with Gasteiger partial charge in [-0.3, -0.25) is 9.59 Å². The molecule has 0 atom stereocenters. The maximum Gasteiger partial charge on any atom is 0.274 e. The molecule has 6 nitrogen and oxygen atoms in total. The van der Waals surface area contributed by atoms with Crippen LogP contribution in [0.2, 0.25) is 0 Å². The monoisotopic (exact) mass is 368 g/mol. The molecule has 0 aliphatic heterocycles. The summed E-state index contributed by atoms with van der Waals surface area (Å²) in [6, 6.07) is 10.8. The van der Waals surface area contributed by atoms with Crippen molar-refractivity contribution in [1.29, 1.82) is 0 Å². The molecular weight excluding hydrogens is 340 g/mol. The minimum atomic E-state index is -0.318. The highest BCUT2D eigenvalue weighted by molar-refractivity contribution is 6.04. The number of carbonyl (C=O) groups is 2. The molecule has 0 aliphatic rings. The number of aryl methyl sites for hydroxylation is 2. The number of benzene rings is 1. The number of anilines is 1. The van der Waals surface area contributed by atoms with Crippen molar-refractivity contribution in [3.05, 3.63) is 58.9 Å². The minimum Gasteiger partial charge on any atom is -0.351 e. The first-order valence-electron chi connectivity index (χ1n) is 9.22. The SMILES string of the molecule is CCc1cccc(C)c1NC(=O)c1cccc(C(=O)NCCCN(C)C)n1. The summed E-state index contributed by atoms with van der Waals surface area (Å²) < 4.78 is 0. The third kappa shape index (κ3) is 5.89. The average molecular weight is 368 g/mol. The number of carbonyl (C=O) groups excluding carboxylic acids is 2. The normalized spacial score (nSPS) is 10.7. The lowest BCUT2D eigenvalue weighted by Crippen LogP contribution is -2.28. The molecule has 0 saturated heterocycles. The Kier molecular flexibility index (Phi) is 7.49. The van der Waals surface area contributed by atoms with Gasteiger partial charge in [-0.25, -0.2) is 4.98 Å². The molecule has 1 aromatic carbocycles. The first-order valence-corrected chi connectivity index (χ1v) is 9.22. The Hall–Kier alpha value is -2.73. The number of amides is 2. The molecular formula is C21H28N4O2. The molecule has 144 valence electrons. The summed E-state index contributed by atoms with van der Waals surface area (Å²) >= 11 is 0. The van der Waals surface area contributed by atoms with Crippen molar-refractivity contribution in [2.75, 3.05) is 32.5 Å². The zero-order valence-corrected chi connectivity index (χ0v) is 16.5. The van der Waals surface area contributed by atoms with Crippen LogP contribution in [-0.2, 0) is 6.42 Å². The number of nitrogens with zero attached hydrogens (tertiary/aromatic N) is 2. The van der Waals surface area contributed by atoms with Gasteiger partial charge in [-0.15, -0.1) is 0 Å². The van der Waals surface area contributed by atoms with Crippen LogP contribution in [-0.4, -0.2) is 48.9 Å². The average Bonchev–Trinajstić information content (AvgIpc) is 2.66. The summed E-state index contributed by atoms with van der Waals surface area (Å²) in [7, 11) is 3.98. The summed E-state index contributed by atoms with van der Waals surface area (Å²) in [5.41, 5.74) is 3.34. The fraction of sp³-hybridized carbons (Fsp3) is 0.381. The second-order valence-corrected chi connectivity index (χ2v) is 6.74. The molecule has 2 aromatic rings. The van der Waals surface area contributed by atoms with Crippen LogP contribution in [0.5, 0.6) is 0 Å². The van der Waals surface area contributed by atoms with E-state index in [1.165, 1.54) is 0 Å². The highest BCUT2D eigenvalue weighted by Crippen LogP contribution is 2.21. The molecule has 1 aromatic heterocycles. The maximum absolute atomic E-state index is 12.6. The van der Waals surface area contributed by atoms with Gasteiger partial charge in [-0.2, -0.15) is 0 Å². The molecule has 0 radical (unpaired) electrons. The largest absolute Gasteiger partial charge is 0.351 e. The van der Waals surface area contributed by atoms with Gasteiger partial charge in [0, 0.05) is 12.2 Å². The van der Waals surface area contributed by atoms with E-state index in [2.05, 4.69) is 20.5 Å². The number of nitrogens with one attached hydrogen (secondary N) is 2. The maximum atomic E-state index is 12.6. The van der Waals surface area contributed by atoms with Gasteiger partial charge in [-0.05, 0) is 63.7 Å². The van der Waals surface area contributed by atoms with E-state index in [1.54, 1.807) is 18.2 Å². The minimum absolute atomic E-state index is 0.223. The van der Waals surface area contributed by atoms with Crippen molar-refractivity contribution in [2.24, 2.45) is 0 Å². The van der Waals surface area contributed by atoms with Gasteiger partial charge in [0.05, 0.1) is 0 Å². The van der Waals surface area contributed by atoms with Gasteiger partial charge < -0.3 is 15.5 Å². The highest BCUT2D eigenvalue weighted by Gasteiger charge is 2.14. The third-order valence-electron chi connectivity index (χ3n) is 4.26. The van der Waals surface area contributed by atoms with E-state index in [-0.39, 0.29) is 23.2 Å². The summed E-state index contributed by atoms with van der Waals surface area (Å²) in [6.45, 7) is 5.47. The molecule has 0 saturated carbocycles. The number of aromatic nitrogens is 1. The molecule has 0 fully saturated rings. The molecule has 2 rings (SSSR count). The molecule has 2 amide bonds. The van der Waals surface area contributed by atoms with Crippen LogP contribution in [0, 0.1) is 6.92 Å². The van der Waals surface area contributed by atoms with Crippen LogP contribution in [0.1, 0.15) is 45.4 Å². The number of rotatable bonds is 8. The first-order chi connectivity index (χ1) is 12.9. The van der Waals surface area contributed by atoms with Gasteiger partial charge >= 0.3 is 0 Å². The van der Waals surface area contributed by atoms with Crippen LogP contribution in [0.15, 0.2) is 36.4 Å². The quantitative estimate of drug-likeness (QED) is 0.703. The summed E-state index contributed by atoms with van der Waals surface area (Å²) in [6.07, 6.45) is 1.67. The van der Waals surface area contributed by atoms with Crippen molar-refractivity contribution < 1.29 is 9.59 Å². The fourth-order valence-corrected chi connectivity index (χ4v) is 2.75. The lowest BCUT2D eigenvalue weighted by Gasteiger charge is -2.13. The van der Waals surface area contributed by atoms with Crippen molar-refractivity contribution in [3.8, 4) is 0 Å². The van der Waals surface area contributed by atoms with Crippen molar-refractivity contribution in [2.45, 2.75) is 26.7 Å². The number of hydrogen-bond acceptors (Lipinski definition) is 4. The van der Waals surface area contributed by atoms with E-state index in [0.717, 1.165) is 36.2 Å². The van der Waals surface area contributed by atoms with Crippen LogP contribution >= 0.6 is 0 Å². The van der Waals surface area contributed by atoms with Crippen LogP contribution < -0.4 is 10.6 Å². The van der Waals surface area contributed by atoms with E-state index < -0.39 is 0 Å². The first kappa shape index (κ1) is 20.6. The van der Waals surface area contributed by atoms with Gasteiger partial charge in [0.15, 0.2) is 0 Å². The standard InChI is InChI=1S/C21H28N4O2/c1-5-16-10-6-9-15(2)19(16)24-21(27)18-12-7-11-17(23-18)20(26)22-13-8-14-25(3)4/h6-7,9-12H,5,8,13-14H2,1-4H3,(H,22,26)(H,24,27). The molecule has 0 aliphatic carbocycles. The second-order valence-electron chi connectivity index (χ2n) is 6.74. The third-order valence-corrected chi connectivity index (χ3v) is 4.26. The van der Waals surface area contributed by atoms with Gasteiger partial charge in [0.1, 0.15) is 11.4 Å². The van der Waals surface area contributed by atoms with Gasteiger partial charge in [0.2, 0.25) is 0 Å². The van der Waals surface area contributed by atoms with E-state index in [0.29, 0.717) is 6.54 Å². The predicted molar refractivity (Wildman–Crippen MR) is 108 cm³/mol. The van der Waals surface area contributed by atoms with Gasteiger partial charge in [0.25, 0.3) is 11.8 Å². The predicted octanol–water partition coefficient (Wildman–Crippen LogP) is 2.89. The van der Waals surface area contributed by atoms with E-state index in [4.69, 9.17) is 0 Å². The van der Waals surface area contributed by atoms with E-state index in [9.17, 15) is 9.59 Å². The Balaban J connectivity index is 2.06. The second kappa shape index (κ2) is 9.83. The van der Waals surface area contributed by atoms with Crippen molar-refractivity contribution in [1.82, 2.24) is 15.2 Å². The zero-order valence-electron chi connectivity index (χ0n) is 16.5. The molecule has 0 unspecified atom stereocenters. The Labute approximate surface area is 161 Å². The van der Waals surface area contributed by atoms with Crippen molar-refractivity contribution in [3.63, 3.8) is 0 Å². The smallest absolute Gasteiger partial charge is 0.274 e. The Bertz CT molecular complexity index is 803. The Morgan fingerprint density at radius 3 is 2.37 bits per heavy atom. The summed E-state index contributed by atoms with van der Waals surface area (Å²) in [5.74, 6) is -0.588. The molecule has 0 spiro atoms. The summed E-state index contributed by atoms with van der Waals surface area (Å²) in [5, 5.41) is 5.78. The van der Waals surface area contributed by atoms with Crippen molar-refractivity contribution >= 4 is 17.5 Å². The molecule has 2 N–H and O–H groups in total. The molecule has 0 bridgehead atoms. The van der Waals surface area contributed by atoms with E-state index >= 15 is 0 Å². The molecule has 27 heavy (non-hydrogen) atoms. The highest BCUT2D eigenvalue weighted by atomic mass is 16.2. The van der Waals surface area contributed by atoms with Crippen LogP contribution in [0.4, 0.5) is 5.69 Å². The van der Waals surface area contributed by atoms with Crippen LogP contribution in [0.3, 0.4) is 0 Å². The lowest BCUT2D eigenvalue weighted by molar-refractivity contribution is 0.0947.